The summed E-state index contributed by atoms with van der Waals surface area (Å²) in [5, 5.41) is 15.1. The van der Waals surface area contributed by atoms with Crippen LogP contribution in [0.25, 0.3) is 0 Å². The molecule has 1 atom stereocenters. The van der Waals surface area contributed by atoms with E-state index in [4.69, 9.17) is 9.73 Å². The maximum Gasteiger partial charge on any atom is 0.191 e. The van der Waals surface area contributed by atoms with Crippen molar-refractivity contribution in [1.82, 2.24) is 25.4 Å². The zero-order valence-corrected chi connectivity index (χ0v) is 17.8. The van der Waals surface area contributed by atoms with Crippen molar-refractivity contribution in [3.05, 3.63) is 12.2 Å². The Balaban J connectivity index is 2.44. The third kappa shape index (κ3) is 11.0. The van der Waals surface area contributed by atoms with Gasteiger partial charge in [-0.3, -0.25) is 4.99 Å². The molecule has 0 bridgehead atoms. The molecule has 0 saturated heterocycles. The van der Waals surface area contributed by atoms with Crippen LogP contribution in [0.2, 0.25) is 0 Å². The van der Waals surface area contributed by atoms with Crippen LogP contribution in [0.4, 0.5) is 0 Å². The Morgan fingerprint density at radius 3 is 2.81 bits per heavy atom. The van der Waals surface area contributed by atoms with E-state index < -0.39 is 0 Å². The van der Waals surface area contributed by atoms with Gasteiger partial charge in [-0.05, 0) is 26.7 Å². The number of aliphatic imine (C=N–C) groups is 1. The predicted molar refractivity (Wildman–Crippen MR) is 112 cm³/mol. The molecule has 0 amide bonds. The number of nitrogens with one attached hydrogen (secondary N) is 2. The summed E-state index contributed by atoms with van der Waals surface area (Å²) >= 11 is 0. The van der Waals surface area contributed by atoms with Gasteiger partial charge in [0.2, 0.25) is 0 Å². The molecule has 0 aromatic carbocycles. The summed E-state index contributed by atoms with van der Waals surface area (Å²) in [6.07, 6.45) is 9.97. The number of rotatable bonds is 15. The summed E-state index contributed by atoms with van der Waals surface area (Å²) in [6, 6.07) is 0.418. The lowest BCUT2D eigenvalue weighted by Crippen LogP contribution is -2.43. The van der Waals surface area contributed by atoms with Crippen LogP contribution in [0.15, 0.2) is 11.3 Å². The van der Waals surface area contributed by atoms with Gasteiger partial charge in [0.15, 0.2) is 5.96 Å². The van der Waals surface area contributed by atoms with E-state index in [-0.39, 0.29) is 0 Å². The number of nitrogens with zero attached hydrogens (tertiary/aromatic N) is 4. The first kappa shape index (κ1) is 23.4. The number of hydrogen-bond acceptors (Lipinski definition) is 4. The largest absolute Gasteiger partial charge is 0.382 e. The number of aryl methyl sites for hydroxylation is 1. The van der Waals surface area contributed by atoms with E-state index >= 15 is 0 Å². The Labute approximate surface area is 165 Å². The number of hydrogen-bond donors (Lipinski definition) is 2. The van der Waals surface area contributed by atoms with E-state index in [0.29, 0.717) is 6.04 Å². The second-order valence-corrected chi connectivity index (χ2v) is 6.90. The van der Waals surface area contributed by atoms with Gasteiger partial charge in [-0.25, -0.2) is 0 Å². The molecule has 0 spiro atoms. The van der Waals surface area contributed by atoms with Crippen molar-refractivity contribution in [2.45, 2.75) is 85.2 Å². The minimum atomic E-state index is 0.418. The first-order chi connectivity index (χ1) is 13.2. The SMILES string of the molecule is CCCCCCC(C)NC(=NCCCOCC)NCCn1cnnc1CC. The van der Waals surface area contributed by atoms with Crippen LogP contribution in [0.3, 0.4) is 0 Å². The Morgan fingerprint density at radius 1 is 1.22 bits per heavy atom. The van der Waals surface area contributed by atoms with Gasteiger partial charge in [0.1, 0.15) is 12.2 Å². The minimum Gasteiger partial charge on any atom is -0.382 e. The molecule has 0 radical (unpaired) electrons. The van der Waals surface area contributed by atoms with Crippen molar-refractivity contribution in [2.24, 2.45) is 4.99 Å². The van der Waals surface area contributed by atoms with E-state index in [1.54, 1.807) is 6.33 Å². The highest BCUT2D eigenvalue weighted by Gasteiger charge is 2.06. The van der Waals surface area contributed by atoms with Gasteiger partial charge in [-0.2, -0.15) is 0 Å². The molecule has 7 heteroatoms. The second kappa shape index (κ2) is 15.4. The van der Waals surface area contributed by atoms with E-state index in [1.807, 2.05) is 6.92 Å². The van der Waals surface area contributed by atoms with Gasteiger partial charge in [-0.15, -0.1) is 10.2 Å². The maximum atomic E-state index is 5.40. The van der Waals surface area contributed by atoms with E-state index in [1.165, 1.54) is 32.1 Å². The molecule has 0 aliphatic carbocycles. The molecule has 27 heavy (non-hydrogen) atoms. The second-order valence-electron chi connectivity index (χ2n) is 6.90. The fourth-order valence-electron chi connectivity index (χ4n) is 2.87. The molecule has 156 valence electrons. The van der Waals surface area contributed by atoms with Crippen LogP contribution in [-0.4, -0.2) is 53.1 Å². The lowest BCUT2D eigenvalue weighted by molar-refractivity contribution is 0.146. The fraction of sp³-hybridized carbons (Fsp3) is 0.850. The highest BCUT2D eigenvalue weighted by atomic mass is 16.5. The van der Waals surface area contributed by atoms with Crippen molar-refractivity contribution in [3.8, 4) is 0 Å². The molecule has 1 aromatic heterocycles. The molecule has 1 unspecified atom stereocenters. The molecule has 1 aromatic rings. The molecular formula is C20H40N6O. The standard InChI is InChI=1S/C20H40N6O/c1-5-8-9-10-12-18(4)24-20(21-13-11-16-27-7-3)22-14-15-26-17-23-25-19(26)6-2/h17-18H,5-16H2,1-4H3,(H2,21,22,24). The fourth-order valence-corrected chi connectivity index (χ4v) is 2.87. The Bertz CT molecular complexity index is 502. The van der Waals surface area contributed by atoms with Crippen molar-refractivity contribution in [3.63, 3.8) is 0 Å². The Kier molecular flexibility index (Phi) is 13.4. The lowest BCUT2D eigenvalue weighted by Gasteiger charge is -2.19. The van der Waals surface area contributed by atoms with E-state index in [0.717, 1.165) is 57.5 Å². The third-order valence-corrected chi connectivity index (χ3v) is 4.45. The normalized spacial score (nSPS) is 13.0. The Hall–Kier alpha value is -1.63. The lowest BCUT2D eigenvalue weighted by atomic mass is 10.1. The molecule has 1 rings (SSSR count). The first-order valence-electron chi connectivity index (χ1n) is 10.7. The van der Waals surface area contributed by atoms with Gasteiger partial charge >= 0.3 is 0 Å². The van der Waals surface area contributed by atoms with Crippen molar-refractivity contribution in [2.75, 3.05) is 26.3 Å². The van der Waals surface area contributed by atoms with Crippen molar-refractivity contribution >= 4 is 5.96 Å². The topological polar surface area (TPSA) is 76.4 Å². The van der Waals surface area contributed by atoms with Crippen molar-refractivity contribution < 1.29 is 4.74 Å². The van der Waals surface area contributed by atoms with Crippen molar-refractivity contribution in [1.29, 1.82) is 0 Å². The van der Waals surface area contributed by atoms with Gasteiger partial charge in [0.05, 0.1) is 0 Å². The molecule has 1 heterocycles. The molecule has 0 aliphatic rings. The maximum absolute atomic E-state index is 5.40. The summed E-state index contributed by atoms with van der Waals surface area (Å²) in [5.74, 6) is 1.91. The highest BCUT2D eigenvalue weighted by molar-refractivity contribution is 5.80. The zero-order valence-electron chi connectivity index (χ0n) is 17.8. The summed E-state index contributed by atoms with van der Waals surface area (Å²) in [6.45, 7) is 12.5. The molecule has 0 fully saturated rings. The predicted octanol–water partition coefficient (Wildman–Crippen LogP) is 3.16. The van der Waals surface area contributed by atoms with Gasteiger partial charge in [0.25, 0.3) is 0 Å². The first-order valence-corrected chi connectivity index (χ1v) is 10.7. The van der Waals surface area contributed by atoms with Crippen LogP contribution >= 0.6 is 0 Å². The van der Waals surface area contributed by atoms with Crippen LogP contribution in [0.1, 0.15) is 72.0 Å². The minimum absolute atomic E-state index is 0.418. The molecular weight excluding hydrogens is 340 g/mol. The smallest absolute Gasteiger partial charge is 0.191 e. The average molecular weight is 381 g/mol. The van der Waals surface area contributed by atoms with Gasteiger partial charge in [-0.1, -0.05) is 39.5 Å². The van der Waals surface area contributed by atoms with Crippen LogP contribution in [0, 0.1) is 0 Å². The Morgan fingerprint density at radius 2 is 2.07 bits per heavy atom. The van der Waals surface area contributed by atoms with E-state index in [9.17, 15) is 0 Å². The quantitative estimate of drug-likeness (QED) is 0.278. The van der Waals surface area contributed by atoms with Gasteiger partial charge < -0.3 is 19.9 Å². The summed E-state index contributed by atoms with van der Waals surface area (Å²) in [4.78, 5) is 4.72. The number of aromatic nitrogens is 3. The highest BCUT2D eigenvalue weighted by Crippen LogP contribution is 2.05. The molecule has 2 N–H and O–H groups in total. The molecule has 0 aliphatic heterocycles. The van der Waals surface area contributed by atoms with E-state index in [2.05, 4.69) is 46.2 Å². The monoisotopic (exact) mass is 380 g/mol. The molecule has 0 saturated carbocycles. The average Bonchev–Trinajstić information content (AvgIpc) is 3.12. The van der Waals surface area contributed by atoms with Crippen LogP contribution in [-0.2, 0) is 17.7 Å². The molecule has 7 nitrogen and oxygen atoms in total. The van der Waals surface area contributed by atoms with Crippen LogP contribution in [0.5, 0.6) is 0 Å². The zero-order chi connectivity index (χ0) is 19.7. The third-order valence-electron chi connectivity index (χ3n) is 4.45. The number of unbranched alkanes of at least 4 members (excludes halogenated alkanes) is 3. The summed E-state index contributed by atoms with van der Waals surface area (Å²) < 4.78 is 7.49. The van der Waals surface area contributed by atoms with Crippen LogP contribution < -0.4 is 10.6 Å². The summed E-state index contributed by atoms with van der Waals surface area (Å²) in [5.41, 5.74) is 0. The summed E-state index contributed by atoms with van der Waals surface area (Å²) in [7, 11) is 0. The van der Waals surface area contributed by atoms with Gasteiger partial charge in [0, 0.05) is 45.3 Å². The number of guanidine groups is 1. The number of ether oxygens (including phenoxy) is 1.